The third kappa shape index (κ3) is 1.86. The largest absolute Gasteiger partial charge is 0.481 e. The number of hydrogen-bond donors (Lipinski definition) is 1. The minimum Gasteiger partial charge on any atom is -0.481 e. The van der Waals surface area contributed by atoms with Crippen molar-refractivity contribution in [1.82, 2.24) is 0 Å². The highest BCUT2D eigenvalue weighted by Crippen LogP contribution is 2.48. The van der Waals surface area contributed by atoms with Crippen LogP contribution in [0.25, 0.3) is 0 Å². The van der Waals surface area contributed by atoms with Gasteiger partial charge in [-0.2, -0.15) is 0 Å². The molecule has 2 nitrogen and oxygen atoms in total. The Morgan fingerprint density at radius 2 is 1.86 bits per heavy atom. The molecule has 0 heterocycles. The molecule has 0 bridgehead atoms. The van der Waals surface area contributed by atoms with Crippen LogP contribution in [0.3, 0.4) is 0 Å². The van der Waals surface area contributed by atoms with Crippen molar-refractivity contribution >= 4 is 29.2 Å². The van der Waals surface area contributed by atoms with Gasteiger partial charge in [0.15, 0.2) is 0 Å². The van der Waals surface area contributed by atoms with Gasteiger partial charge in [-0.1, -0.05) is 23.2 Å². The van der Waals surface area contributed by atoms with E-state index in [0.29, 0.717) is 16.5 Å². The summed E-state index contributed by atoms with van der Waals surface area (Å²) in [5.74, 6) is -0.917. The smallest absolute Gasteiger partial charge is 0.307 e. The number of benzene rings is 1. The maximum atomic E-state index is 10.6. The molecule has 1 aliphatic rings. The Morgan fingerprint density at radius 3 is 2.29 bits per heavy atom. The number of carbonyl (C=O) groups is 1. The highest BCUT2D eigenvalue weighted by molar-refractivity contribution is 6.34. The first kappa shape index (κ1) is 9.81. The third-order valence-electron chi connectivity index (χ3n) is 2.42. The fourth-order valence-electron chi connectivity index (χ4n) is 1.63. The topological polar surface area (TPSA) is 37.3 Å². The van der Waals surface area contributed by atoms with Crippen LogP contribution < -0.4 is 0 Å². The fraction of sp³-hybridized carbons (Fsp3) is 0.300. The lowest BCUT2D eigenvalue weighted by molar-refractivity contribution is -0.138. The summed E-state index contributed by atoms with van der Waals surface area (Å²) < 4.78 is 0. The first-order chi connectivity index (χ1) is 6.58. The molecule has 1 fully saturated rings. The van der Waals surface area contributed by atoms with E-state index in [1.54, 1.807) is 18.2 Å². The zero-order chi connectivity index (χ0) is 10.3. The highest BCUT2D eigenvalue weighted by atomic mass is 35.5. The predicted molar refractivity (Wildman–Crippen MR) is 54.9 cm³/mol. The Bertz CT molecular complexity index is 369. The van der Waals surface area contributed by atoms with E-state index in [0.717, 1.165) is 5.56 Å². The zero-order valence-electron chi connectivity index (χ0n) is 7.21. The van der Waals surface area contributed by atoms with Crippen molar-refractivity contribution in [2.45, 2.75) is 12.3 Å². The van der Waals surface area contributed by atoms with Gasteiger partial charge in [0.1, 0.15) is 0 Å². The zero-order valence-corrected chi connectivity index (χ0v) is 8.72. The molecule has 74 valence electrons. The van der Waals surface area contributed by atoms with Crippen molar-refractivity contribution in [2.75, 3.05) is 0 Å². The second-order valence-corrected chi connectivity index (χ2v) is 4.36. The molecule has 14 heavy (non-hydrogen) atoms. The SMILES string of the molecule is O=C(O)[C@@H]1CC1c1cc(Cl)cc(Cl)c1. The third-order valence-corrected chi connectivity index (χ3v) is 2.86. The number of halogens is 2. The van der Waals surface area contributed by atoms with Gasteiger partial charge in [0, 0.05) is 10.0 Å². The predicted octanol–water partition coefficient (Wildman–Crippen LogP) is 3.18. The molecule has 0 saturated heterocycles. The molecular formula is C10H8Cl2O2. The first-order valence-corrected chi connectivity index (χ1v) is 5.02. The van der Waals surface area contributed by atoms with Gasteiger partial charge in [-0.15, -0.1) is 0 Å². The van der Waals surface area contributed by atoms with Crippen LogP contribution in [0.15, 0.2) is 18.2 Å². The lowest BCUT2D eigenvalue weighted by atomic mass is 10.1. The van der Waals surface area contributed by atoms with Crippen LogP contribution in [0.2, 0.25) is 10.0 Å². The summed E-state index contributed by atoms with van der Waals surface area (Å²) in [6.07, 6.45) is 0.687. The number of rotatable bonds is 2. The van der Waals surface area contributed by atoms with Gasteiger partial charge in [-0.25, -0.2) is 0 Å². The second kappa shape index (κ2) is 3.44. The van der Waals surface area contributed by atoms with Crippen LogP contribution in [0.5, 0.6) is 0 Å². The summed E-state index contributed by atoms with van der Waals surface area (Å²) in [4.78, 5) is 10.6. The average molecular weight is 231 g/mol. The minimum atomic E-state index is -0.744. The van der Waals surface area contributed by atoms with Crippen LogP contribution in [0.4, 0.5) is 0 Å². The van der Waals surface area contributed by atoms with Crippen LogP contribution >= 0.6 is 23.2 Å². The Balaban J connectivity index is 2.23. The Hall–Kier alpha value is -0.730. The highest BCUT2D eigenvalue weighted by Gasteiger charge is 2.44. The lowest BCUT2D eigenvalue weighted by Gasteiger charge is -2.00. The molecule has 1 saturated carbocycles. The van der Waals surface area contributed by atoms with Gasteiger partial charge in [0.2, 0.25) is 0 Å². The second-order valence-electron chi connectivity index (χ2n) is 3.49. The van der Waals surface area contributed by atoms with E-state index in [2.05, 4.69) is 0 Å². The van der Waals surface area contributed by atoms with Gasteiger partial charge in [-0.3, -0.25) is 4.79 Å². The lowest BCUT2D eigenvalue weighted by Crippen LogP contribution is -1.98. The maximum Gasteiger partial charge on any atom is 0.307 e. The molecule has 0 amide bonds. The Labute approximate surface area is 91.4 Å². The summed E-state index contributed by atoms with van der Waals surface area (Å²) in [6, 6.07) is 5.20. The number of hydrogen-bond acceptors (Lipinski definition) is 1. The van der Waals surface area contributed by atoms with Crippen molar-refractivity contribution in [3.8, 4) is 0 Å². The van der Waals surface area contributed by atoms with E-state index in [-0.39, 0.29) is 11.8 Å². The molecule has 0 aromatic heterocycles. The molecule has 2 rings (SSSR count). The monoisotopic (exact) mass is 230 g/mol. The van der Waals surface area contributed by atoms with E-state index >= 15 is 0 Å². The van der Waals surface area contributed by atoms with Crippen molar-refractivity contribution < 1.29 is 9.90 Å². The summed E-state index contributed by atoms with van der Waals surface area (Å²) >= 11 is 11.6. The molecule has 1 unspecified atom stereocenters. The normalized spacial score (nSPS) is 24.7. The van der Waals surface area contributed by atoms with E-state index in [1.807, 2.05) is 0 Å². The number of aliphatic carboxylic acids is 1. The Kier molecular flexibility index (Phi) is 2.41. The number of carboxylic acid groups (broad SMARTS) is 1. The van der Waals surface area contributed by atoms with Crippen molar-refractivity contribution in [3.05, 3.63) is 33.8 Å². The molecule has 4 heteroatoms. The molecule has 2 atom stereocenters. The molecule has 0 spiro atoms. The molecule has 0 radical (unpaired) electrons. The summed E-state index contributed by atoms with van der Waals surface area (Å²) in [5, 5.41) is 9.88. The van der Waals surface area contributed by atoms with E-state index in [4.69, 9.17) is 28.3 Å². The summed E-state index contributed by atoms with van der Waals surface area (Å²) in [5.41, 5.74) is 0.926. The van der Waals surface area contributed by atoms with Crippen molar-refractivity contribution in [3.63, 3.8) is 0 Å². The van der Waals surface area contributed by atoms with Crippen LogP contribution in [0, 0.1) is 5.92 Å². The van der Waals surface area contributed by atoms with Crippen molar-refractivity contribution in [2.24, 2.45) is 5.92 Å². The molecule has 1 aliphatic carbocycles. The minimum absolute atomic E-state index is 0.0868. The quantitative estimate of drug-likeness (QED) is 0.848. The van der Waals surface area contributed by atoms with E-state index in [1.165, 1.54) is 0 Å². The van der Waals surface area contributed by atoms with Crippen molar-refractivity contribution in [1.29, 1.82) is 0 Å². The van der Waals surface area contributed by atoms with E-state index < -0.39 is 5.97 Å². The molecule has 0 aliphatic heterocycles. The van der Waals surface area contributed by atoms with Gasteiger partial charge >= 0.3 is 5.97 Å². The maximum absolute atomic E-state index is 10.6. The van der Waals surface area contributed by atoms with Crippen LogP contribution in [-0.2, 0) is 4.79 Å². The standard InChI is InChI=1S/C10H8Cl2O2/c11-6-1-5(2-7(12)3-6)8-4-9(8)10(13)14/h1-3,8-9H,4H2,(H,13,14)/t8?,9-/m1/s1. The fourth-order valence-corrected chi connectivity index (χ4v) is 2.17. The molecule has 1 N–H and O–H groups in total. The summed E-state index contributed by atoms with van der Waals surface area (Å²) in [7, 11) is 0. The van der Waals surface area contributed by atoms with Gasteiger partial charge in [0.25, 0.3) is 0 Å². The summed E-state index contributed by atoms with van der Waals surface area (Å²) in [6.45, 7) is 0. The van der Waals surface area contributed by atoms with Gasteiger partial charge < -0.3 is 5.11 Å². The van der Waals surface area contributed by atoms with Crippen LogP contribution in [-0.4, -0.2) is 11.1 Å². The molecular weight excluding hydrogens is 223 g/mol. The van der Waals surface area contributed by atoms with E-state index in [9.17, 15) is 4.79 Å². The average Bonchev–Trinajstić information content (AvgIpc) is 2.79. The van der Waals surface area contributed by atoms with Crippen LogP contribution in [0.1, 0.15) is 17.9 Å². The van der Waals surface area contributed by atoms with Gasteiger partial charge in [-0.05, 0) is 36.1 Å². The first-order valence-electron chi connectivity index (χ1n) is 4.26. The van der Waals surface area contributed by atoms with Gasteiger partial charge in [0.05, 0.1) is 5.92 Å². The molecule has 1 aromatic carbocycles. The number of carboxylic acids is 1. The Morgan fingerprint density at radius 1 is 1.29 bits per heavy atom. The molecule has 1 aromatic rings.